The van der Waals surface area contributed by atoms with E-state index in [-0.39, 0.29) is 31.5 Å². The lowest BCUT2D eigenvalue weighted by molar-refractivity contribution is -0.143. The first-order chi connectivity index (χ1) is 21.2. The van der Waals surface area contributed by atoms with Gasteiger partial charge in [0.15, 0.2) is 0 Å². The number of ether oxygens (including phenoxy) is 2. The van der Waals surface area contributed by atoms with Crippen LogP contribution in [0.15, 0.2) is 59.2 Å². The third kappa shape index (κ3) is 6.67. The SMILES string of the molecule is CCC/C(=C\c1cccc(O)c1)CC[C@H]1OC[C@H]2C1=C(COC)C[C@H]1C(=O)N(c3cc(C(F)(F)F)cc(C(F)(F)F)c3)C(=O)[C@H]12. The van der Waals surface area contributed by atoms with E-state index in [1.807, 2.05) is 12.1 Å². The molecule has 2 aliphatic heterocycles. The van der Waals surface area contributed by atoms with Crippen LogP contribution < -0.4 is 4.90 Å². The number of carbonyl (C=O) groups excluding carboxylic acids is 2. The van der Waals surface area contributed by atoms with Crippen LogP contribution in [0.4, 0.5) is 32.0 Å². The number of amides is 2. The molecule has 1 aliphatic carbocycles. The zero-order valence-electron chi connectivity index (χ0n) is 24.7. The number of hydrogen-bond donors (Lipinski definition) is 1. The van der Waals surface area contributed by atoms with Gasteiger partial charge in [0.05, 0.1) is 48.0 Å². The molecule has 2 amide bonds. The van der Waals surface area contributed by atoms with Gasteiger partial charge >= 0.3 is 12.4 Å². The van der Waals surface area contributed by atoms with Gasteiger partial charge in [0.2, 0.25) is 11.8 Å². The van der Waals surface area contributed by atoms with Crippen molar-refractivity contribution in [2.24, 2.45) is 17.8 Å². The standard InChI is InChI=1S/C33H33F6NO5/c1-3-5-18(10-19-6-4-7-24(41)11-19)8-9-27-28-20(16-44-2)12-25-29(26(28)17-45-27)31(43)40(30(25)42)23-14-21(32(34,35)36)13-22(15-23)33(37,38)39/h4,6-7,10-11,13-15,25-27,29,41H,3,5,8-9,12,16-17H2,1-2H3/b18-10+/t25-,26+,27-,29-/m1/s1. The zero-order chi connectivity index (χ0) is 32.7. The van der Waals surface area contributed by atoms with E-state index in [2.05, 4.69) is 6.92 Å². The molecule has 2 saturated heterocycles. The van der Waals surface area contributed by atoms with Crippen molar-refractivity contribution in [3.05, 3.63) is 75.9 Å². The molecule has 45 heavy (non-hydrogen) atoms. The molecular weight excluding hydrogens is 604 g/mol. The summed E-state index contributed by atoms with van der Waals surface area (Å²) in [5.74, 6) is -4.05. The first-order valence-corrected chi connectivity index (χ1v) is 14.7. The van der Waals surface area contributed by atoms with E-state index in [9.17, 15) is 41.0 Å². The Bertz CT molecular complexity index is 1500. The normalized spacial score (nSPS) is 24.0. The van der Waals surface area contributed by atoms with Gasteiger partial charge in [-0.1, -0.05) is 37.1 Å². The number of hydrogen-bond acceptors (Lipinski definition) is 5. The van der Waals surface area contributed by atoms with Gasteiger partial charge < -0.3 is 14.6 Å². The molecular formula is C33H33F6NO5. The number of allylic oxidation sites excluding steroid dienone is 1. The Morgan fingerprint density at radius 2 is 1.69 bits per heavy atom. The van der Waals surface area contributed by atoms with Crippen molar-refractivity contribution in [1.82, 2.24) is 0 Å². The molecule has 2 aromatic rings. The van der Waals surface area contributed by atoms with E-state index in [0.717, 1.165) is 35.1 Å². The van der Waals surface area contributed by atoms with Crippen LogP contribution in [-0.2, 0) is 31.4 Å². The average Bonchev–Trinajstić information content (AvgIpc) is 3.49. The summed E-state index contributed by atoms with van der Waals surface area (Å²) < 4.78 is 93.1. The van der Waals surface area contributed by atoms with E-state index in [0.29, 0.717) is 29.9 Å². The highest BCUT2D eigenvalue weighted by molar-refractivity contribution is 6.22. The molecule has 0 spiro atoms. The molecule has 3 aliphatic rings. The number of benzene rings is 2. The summed E-state index contributed by atoms with van der Waals surface area (Å²) in [6, 6.07) is 7.67. The first-order valence-electron chi connectivity index (χ1n) is 14.7. The van der Waals surface area contributed by atoms with Crippen molar-refractivity contribution in [2.45, 2.75) is 57.5 Å². The number of halogens is 6. The highest BCUT2D eigenvalue weighted by atomic mass is 19.4. The summed E-state index contributed by atoms with van der Waals surface area (Å²) in [4.78, 5) is 27.8. The molecule has 6 nitrogen and oxygen atoms in total. The third-order valence-electron chi connectivity index (χ3n) is 8.70. The van der Waals surface area contributed by atoms with Crippen LogP contribution in [0.25, 0.3) is 6.08 Å². The van der Waals surface area contributed by atoms with Gasteiger partial charge in [-0.15, -0.1) is 0 Å². The molecule has 5 rings (SSSR count). The van der Waals surface area contributed by atoms with Crippen LogP contribution in [-0.4, -0.2) is 43.3 Å². The quantitative estimate of drug-likeness (QED) is 0.175. The van der Waals surface area contributed by atoms with Crippen LogP contribution in [0.2, 0.25) is 0 Å². The maximum absolute atomic E-state index is 13.8. The molecule has 0 saturated carbocycles. The Balaban J connectivity index is 1.44. The highest BCUT2D eigenvalue weighted by Crippen LogP contribution is 2.51. The van der Waals surface area contributed by atoms with Crippen LogP contribution in [0.5, 0.6) is 5.75 Å². The molecule has 0 bridgehead atoms. The molecule has 4 atom stereocenters. The smallest absolute Gasteiger partial charge is 0.416 e. The summed E-state index contributed by atoms with van der Waals surface area (Å²) in [5, 5.41) is 9.85. The van der Waals surface area contributed by atoms with Crippen molar-refractivity contribution in [3.8, 4) is 5.75 Å². The summed E-state index contributed by atoms with van der Waals surface area (Å²) in [6.07, 6.45) is -5.70. The summed E-state index contributed by atoms with van der Waals surface area (Å²) in [6.45, 7) is 2.27. The lowest BCUT2D eigenvalue weighted by atomic mass is 9.69. The Labute approximate surface area is 256 Å². The number of rotatable bonds is 9. The van der Waals surface area contributed by atoms with Crippen molar-refractivity contribution in [1.29, 1.82) is 0 Å². The van der Waals surface area contributed by atoms with Gasteiger partial charge in [0.1, 0.15) is 5.75 Å². The molecule has 242 valence electrons. The highest BCUT2D eigenvalue weighted by Gasteiger charge is 2.57. The maximum Gasteiger partial charge on any atom is 0.416 e. The van der Waals surface area contributed by atoms with Gasteiger partial charge in [0.25, 0.3) is 0 Å². The van der Waals surface area contributed by atoms with E-state index < -0.39 is 64.8 Å². The zero-order valence-corrected chi connectivity index (χ0v) is 24.7. The second kappa shape index (κ2) is 12.6. The largest absolute Gasteiger partial charge is 0.508 e. The van der Waals surface area contributed by atoms with E-state index in [1.165, 1.54) is 7.11 Å². The molecule has 1 N–H and O–H groups in total. The van der Waals surface area contributed by atoms with E-state index >= 15 is 0 Å². The monoisotopic (exact) mass is 637 g/mol. The number of phenolic OH excluding ortho intramolecular Hbond substituents is 1. The fraction of sp³-hybridized carbons (Fsp3) is 0.455. The fourth-order valence-electron chi connectivity index (χ4n) is 6.86. The molecule has 2 fully saturated rings. The summed E-state index contributed by atoms with van der Waals surface area (Å²) >= 11 is 0. The third-order valence-corrected chi connectivity index (χ3v) is 8.70. The fourth-order valence-corrected chi connectivity index (χ4v) is 6.86. The number of carbonyl (C=O) groups is 2. The summed E-state index contributed by atoms with van der Waals surface area (Å²) in [7, 11) is 1.48. The van der Waals surface area contributed by atoms with E-state index in [4.69, 9.17) is 9.47 Å². The number of nitrogens with zero attached hydrogens (tertiary/aromatic N) is 1. The number of fused-ring (bicyclic) bond motifs is 3. The average molecular weight is 638 g/mol. The van der Waals surface area contributed by atoms with Crippen molar-refractivity contribution in [3.63, 3.8) is 0 Å². The van der Waals surface area contributed by atoms with Gasteiger partial charge in [-0.3, -0.25) is 9.59 Å². The number of anilines is 1. The van der Waals surface area contributed by atoms with Crippen molar-refractivity contribution >= 4 is 23.6 Å². The minimum absolute atomic E-state index is 0.0326. The predicted molar refractivity (Wildman–Crippen MR) is 153 cm³/mol. The summed E-state index contributed by atoms with van der Waals surface area (Å²) in [5.41, 5.74) is -0.422. The number of imide groups is 1. The number of phenols is 1. The number of methoxy groups -OCH3 is 1. The molecule has 0 unspecified atom stereocenters. The Morgan fingerprint density at radius 1 is 1.00 bits per heavy atom. The lowest BCUT2D eigenvalue weighted by Crippen LogP contribution is -2.35. The van der Waals surface area contributed by atoms with Gasteiger partial charge in [0, 0.05) is 13.0 Å². The second-order valence-corrected chi connectivity index (χ2v) is 11.7. The van der Waals surface area contributed by atoms with Gasteiger partial charge in [-0.05, 0) is 72.7 Å². The van der Waals surface area contributed by atoms with Gasteiger partial charge in [-0.25, -0.2) is 4.90 Å². The molecule has 2 aromatic carbocycles. The van der Waals surface area contributed by atoms with Crippen molar-refractivity contribution in [2.75, 3.05) is 25.2 Å². The Hall–Kier alpha value is -3.64. The second-order valence-electron chi connectivity index (χ2n) is 11.7. The lowest BCUT2D eigenvalue weighted by Gasteiger charge is -2.31. The Kier molecular flexibility index (Phi) is 9.19. The molecule has 2 heterocycles. The maximum atomic E-state index is 13.8. The first kappa shape index (κ1) is 32.7. The van der Waals surface area contributed by atoms with E-state index in [1.54, 1.807) is 18.2 Å². The Morgan fingerprint density at radius 3 is 2.29 bits per heavy atom. The van der Waals surface area contributed by atoms with Crippen LogP contribution in [0, 0.1) is 17.8 Å². The number of alkyl halides is 6. The minimum atomic E-state index is -5.13. The molecule has 0 aromatic heterocycles. The van der Waals surface area contributed by atoms with Crippen LogP contribution in [0.1, 0.15) is 55.7 Å². The minimum Gasteiger partial charge on any atom is -0.508 e. The number of aromatic hydroxyl groups is 1. The topological polar surface area (TPSA) is 76.1 Å². The molecule has 0 radical (unpaired) electrons. The van der Waals surface area contributed by atoms with Gasteiger partial charge in [-0.2, -0.15) is 26.3 Å². The van der Waals surface area contributed by atoms with Crippen LogP contribution >= 0.6 is 0 Å². The predicted octanol–water partition coefficient (Wildman–Crippen LogP) is 7.56. The van der Waals surface area contributed by atoms with Crippen molar-refractivity contribution < 1.29 is 50.5 Å². The van der Waals surface area contributed by atoms with Crippen LogP contribution in [0.3, 0.4) is 0 Å². The molecule has 12 heteroatoms.